The van der Waals surface area contributed by atoms with Gasteiger partial charge in [-0.05, 0) is 48.9 Å². The predicted molar refractivity (Wildman–Crippen MR) is 95.2 cm³/mol. The zero-order valence-electron chi connectivity index (χ0n) is 14.2. The molecule has 3 rings (SSSR count). The van der Waals surface area contributed by atoms with E-state index < -0.39 is 17.7 Å². The van der Waals surface area contributed by atoms with Crippen LogP contribution in [0.1, 0.15) is 35.4 Å². The topological polar surface area (TPSA) is 64.9 Å². The van der Waals surface area contributed by atoms with E-state index in [4.69, 9.17) is 0 Å². The van der Waals surface area contributed by atoms with Crippen molar-refractivity contribution in [1.82, 2.24) is 5.32 Å². The van der Waals surface area contributed by atoms with Crippen molar-refractivity contribution in [2.24, 2.45) is 5.10 Å². The van der Waals surface area contributed by atoms with E-state index in [0.29, 0.717) is 5.56 Å². The van der Waals surface area contributed by atoms with Crippen LogP contribution in [0.5, 0.6) is 0 Å². The first-order chi connectivity index (χ1) is 12.4. The van der Waals surface area contributed by atoms with Gasteiger partial charge in [-0.1, -0.05) is 6.07 Å². The van der Waals surface area contributed by atoms with Crippen LogP contribution in [0.15, 0.2) is 47.6 Å². The van der Waals surface area contributed by atoms with Crippen molar-refractivity contribution in [3.05, 3.63) is 65.2 Å². The number of halogens is 2. The number of carbonyl (C=O) groups is 1. The number of nitrogens with one attached hydrogen (secondary N) is 1. The molecule has 0 spiro atoms. The molecule has 26 heavy (non-hydrogen) atoms. The van der Waals surface area contributed by atoms with Crippen molar-refractivity contribution >= 4 is 17.3 Å². The van der Waals surface area contributed by atoms with Gasteiger partial charge < -0.3 is 10.4 Å². The maximum atomic E-state index is 13.2. The molecule has 0 radical (unpaired) electrons. The van der Waals surface area contributed by atoms with E-state index in [1.54, 1.807) is 12.1 Å². The molecule has 2 aromatic carbocycles. The molecule has 0 aromatic heterocycles. The average molecular weight is 359 g/mol. The lowest BCUT2D eigenvalue weighted by atomic mass is 10.1. The summed E-state index contributed by atoms with van der Waals surface area (Å²) in [5.74, 6) is -2.38. The summed E-state index contributed by atoms with van der Waals surface area (Å²) in [5.41, 5.74) is 2.60. The van der Waals surface area contributed by atoms with Gasteiger partial charge >= 0.3 is 0 Å². The van der Waals surface area contributed by atoms with Crippen molar-refractivity contribution < 1.29 is 18.7 Å². The Balaban J connectivity index is 1.58. The van der Waals surface area contributed by atoms with Crippen LogP contribution in [0.4, 0.5) is 14.5 Å². The lowest BCUT2D eigenvalue weighted by molar-refractivity contribution is 0.0916. The number of benzene rings is 2. The minimum absolute atomic E-state index is 0.110. The molecule has 0 unspecified atom stereocenters. The summed E-state index contributed by atoms with van der Waals surface area (Å²) in [6, 6.07) is 10.1. The second-order valence-corrected chi connectivity index (χ2v) is 6.15. The van der Waals surface area contributed by atoms with Crippen LogP contribution in [0, 0.1) is 11.6 Å². The van der Waals surface area contributed by atoms with Crippen LogP contribution >= 0.6 is 0 Å². The van der Waals surface area contributed by atoms with E-state index in [2.05, 4.69) is 10.4 Å². The van der Waals surface area contributed by atoms with E-state index in [1.165, 1.54) is 6.07 Å². The number of aliphatic hydroxyl groups is 1. The lowest BCUT2D eigenvalue weighted by Crippen LogP contribution is -2.28. The minimum Gasteiger partial charge on any atom is -0.387 e. The Morgan fingerprint density at radius 1 is 1.23 bits per heavy atom. The first-order valence-corrected chi connectivity index (χ1v) is 8.27. The minimum atomic E-state index is -1.13. The Morgan fingerprint density at radius 3 is 2.58 bits per heavy atom. The van der Waals surface area contributed by atoms with E-state index >= 15 is 0 Å². The van der Waals surface area contributed by atoms with Gasteiger partial charge in [0.2, 0.25) is 0 Å². The van der Waals surface area contributed by atoms with Crippen LogP contribution < -0.4 is 10.3 Å². The standard InChI is InChI=1S/C19H19F2N3O2/c1-12-8-9-24(23-12)15-5-2-13(3-6-15)19(26)22-11-18(25)14-4-7-16(20)17(21)10-14/h2-7,10,18,25H,8-9,11H2,1H3,(H,22,26)/t18-/m0/s1. The number of hydrogen-bond donors (Lipinski definition) is 2. The Morgan fingerprint density at radius 2 is 1.96 bits per heavy atom. The quantitative estimate of drug-likeness (QED) is 0.863. The molecule has 1 aliphatic rings. The number of rotatable bonds is 5. The molecule has 0 saturated carbocycles. The van der Waals surface area contributed by atoms with Gasteiger partial charge in [-0.3, -0.25) is 9.80 Å². The molecular formula is C19H19F2N3O2. The lowest BCUT2D eigenvalue weighted by Gasteiger charge is -2.15. The Bertz CT molecular complexity index is 837. The van der Waals surface area contributed by atoms with Crippen LogP contribution in [0.25, 0.3) is 0 Å². The monoisotopic (exact) mass is 359 g/mol. The molecule has 1 atom stereocenters. The maximum Gasteiger partial charge on any atom is 0.251 e. The third kappa shape index (κ3) is 4.05. The molecule has 2 N–H and O–H groups in total. The molecule has 1 heterocycles. The first kappa shape index (κ1) is 18.0. The fraction of sp³-hybridized carbons (Fsp3) is 0.263. The largest absolute Gasteiger partial charge is 0.387 e. The van der Waals surface area contributed by atoms with Crippen molar-refractivity contribution in [2.75, 3.05) is 18.1 Å². The van der Waals surface area contributed by atoms with Gasteiger partial charge in [0.15, 0.2) is 11.6 Å². The van der Waals surface area contributed by atoms with Gasteiger partial charge in [0.05, 0.1) is 11.8 Å². The number of aliphatic hydroxyl groups excluding tert-OH is 1. The molecule has 1 amide bonds. The Hall–Kier alpha value is -2.80. The number of anilines is 1. The van der Waals surface area contributed by atoms with Crippen LogP contribution in [-0.2, 0) is 0 Å². The third-order valence-electron chi connectivity index (χ3n) is 4.19. The number of amides is 1. The number of hydrogen-bond acceptors (Lipinski definition) is 4. The Labute approximate surface area is 149 Å². The summed E-state index contributed by atoms with van der Waals surface area (Å²) in [6.07, 6.45) is -0.209. The normalized spacial score (nSPS) is 14.9. The Kier molecular flexibility index (Phi) is 5.27. The summed E-state index contributed by atoms with van der Waals surface area (Å²) in [7, 11) is 0. The molecule has 5 nitrogen and oxygen atoms in total. The second-order valence-electron chi connectivity index (χ2n) is 6.15. The van der Waals surface area contributed by atoms with E-state index in [0.717, 1.165) is 36.5 Å². The molecule has 0 saturated heterocycles. The number of nitrogens with zero attached hydrogens (tertiary/aromatic N) is 2. The van der Waals surface area contributed by atoms with Crippen LogP contribution in [0.2, 0.25) is 0 Å². The summed E-state index contributed by atoms with van der Waals surface area (Å²) >= 11 is 0. The molecule has 2 aromatic rings. The van der Waals surface area contributed by atoms with E-state index in [9.17, 15) is 18.7 Å². The molecular weight excluding hydrogens is 340 g/mol. The summed E-state index contributed by atoms with van der Waals surface area (Å²) in [5, 5.41) is 18.9. The summed E-state index contributed by atoms with van der Waals surface area (Å²) in [6.45, 7) is 2.68. The van der Waals surface area contributed by atoms with Crippen molar-refractivity contribution in [2.45, 2.75) is 19.4 Å². The highest BCUT2D eigenvalue weighted by atomic mass is 19.2. The van der Waals surface area contributed by atoms with Crippen molar-refractivity contribution in [3.8, 4) is 0 Å². The van der Waals surface area contributed by atoms with Crippen molar-refractivity contribution in [3.63, 3.8) is 0 Å². The van der Waals surface area contributed by atoms with Crippen LogP contribution in [-0.4, -0.2) is 29.8 Å². The average Bonchev–Trinajstić information content (AvgIpc) is 3.08. The van der Waals surface area contributed by atoms with E-state index in [-0.39, 0.29) is 18.0 Å². The number of carbonyl (C=O) groups excluding carboxylic acids is 1. The van der Waals surface area contributed by atoms with Crippen molar-refractivity contribution in [1.29, 1.82) is 0 Å². The highest BCUT2D eigenvalue weighted by molar-refractivity contribution is 5.94. The molecule has 1 aliphatic heterocycles. The molecule has 0 bridgehead atoms. The van der Waals surface area contributed by atoms with Gasteiger partial charge in [0.25, 0.3) is 5.91 Å². The third-order valence-corrected chi connectivity index (χ3v) is 4.19. The summed E-state index contributed by atoms with van der Waals surface area (Å²) in [4.78, 5) is 12.2. The molecule has 136 valence electrons. The fourth-order valence-corrected chi connectivity index (χ4v) is 2.67. The fourth-order valence-electron chi connectivity index (χ4n) is 2.67. The van der Waals surface area contributed by atoms with Crippen LogP contribution in [0.3, 0.4) is 0 Å². The van der Waals surface area contributed by atoms with Gasteiger partial charge in [-0.15, -0.1) is 0 Å². The van der Waals surface area contributed by atoms with E-state index in [1.807, 2.05) is 24.1 Å². The molecule has 0 aliphatic carbocycles. The first-order valence-electron chi connectivity index (χ1n) is 8.27. The predicted octanol–water partition coefficient (Wildman–Crippen LogP) is 3.01. The van der Waals surface area contributed by atoms with Gasteiger partial charge in [-0.25, -0.2) is 8.78 Å². The molecule has 0 fully saturated rings. The number of hydrazone groups is 1. The smallest absolute Gasteiger partial charge is 0.251 e. The van der Waals surface area contributed by atoms with Gasteiger partial charge in [0.1, 0.15) is 0 Å². The zero-order chi connectivity index (χ0) is 18.7. The highest BCUT2D eigenvalue weighted by Crippen LogP contribution is 2.20. The summed E-state index contributed by atoms with van der Waals surface area (Å²) < 4.78 is 26.1. The SMILES string of the molecule is CC1=NN(c2ccc(C(=O)NC[C@H](O)c3ccc(F)c(F)c3)cc2)CC1. The zero-order valence-corrected chi connectivity index (χ0v) is 14.2. The molecule has 7 heteroatoms. The second kappa shape index (κ2) is 7.61. The maximum absolute atomic E-state index is 13.2. The highest BCUT2D eigenvalue weighted by Gasteiger charge is 2.15. The van der Waals surface area contributed by atoms with Gasteiger partial charge in [-0.2, -0.15) is 5.10 Å². The van der Waals surface area contributed by atoms with Gasteiger partial charge in [0, 0.05) is 30.8 Å².